The van der Waals surface area contributed by atoms with Crippen LogP contribution < -0.4 is 15.0 Å². The highest BCUT2D eigenvalue weighted by molar-refractivity contribution is 6.05. The second-order valence-corrected chi connectivity index (χ2v) is 8.21. The first-order valence-electron chi connectivity index (χ1n) is 11.1. The van der Waals surface area contributed by atoms with E-state index in [0.717, 1.165) is 31.9 Å². The number of fused-ring (bicyclic) bond motifs is 1. The monoisotopic (exact) mass is 460 g/mol. The topological polar surface area (TPSA) is 75.0 Å². The van der Waals surface area contributed by atoms with Crippen LogP contribution in [0.25, 0.3) is 16.9 Å². The van der Waals surface area contributed by atoms with Crippen LogP contribution in [-0.2, 0) is 0 Å². The zero-order valence-electron chi connectivity index (χ0n) is 19.0. The van der Waals surface area contributed by atoms with Crippen molar-refractivity contribution in [2.45, 2.75) is 0 Å². The zero-order chi connectivity index (χ0) is 23.7. The van der Waals surface area contributed by atoms with Gasteiger partial charge >= 0.3 is 0 Å². The van der Waals surface area contributed by atoms with Gasteiger partial charge in [-0.05, 0) is 31.3 Å². The molecule has 1 N–H and O–H groups in total. The molecular formula is C25H25FN6O2. The van der Waals surface area contributed by atoms with Gasteiger partial charge in [0.1, 0.15) is 23.0 Å². The van der Waals surface area contributed by atoms with Crippen LogP contribution in [0.1, 0.15) is 10.5 Å². The number of ether oxygens (including phenoxy) is 1. The van der Waals surface area contributed by atoms with Crippen LogP contribution in [0.3, 0.4) is 0 Å². The van der Waals surface area contributed by atoms with Crippen LogP contribution in [0.15, 0.2) is 61.1 Å². The molecule has 0 spiro atoms. The van der Waals surface area contributed by atoms with E-state index in [0.29, 0.717) is 17.1 Å². The number of amides is 1. The molecule has 0 unspecified atom stereocenters. The smallest absolute Gasteiger partial charge is 0.275 e. The molecule has 0 radical (unpaired) electrons. The molecule has 1 fully saturated rings. The van der Waals surface area contributed by atoms with Crippen LogP contribution in [0.5, 0.6) is 5.75 Å². The fraction of sp³-hybridized carbons (Fsp3) is 0.240. The van der Waals surface area contributed by atoms with Crippen LogP contribution in [0.4, 0.5) is 15.8 Å². The summed E-state index contributed by atoms with van der Waals surface area (Å²) in [7, 11) is 3.57. The average molecular weight is 461 g/mol. The number of methoxy groups -OCH3 is 1. The third-order valence-electron chi connectivity index (χ3n) is 6.04. The lowest BCUT2D eigenvalue weighted by atomic mass is 10.1. The Morgan fingerprint density at radius 2 is 1.88 bits per heavy atom. The van der Waals surface area contributed by atoms with E-state index in [1.54, 1.807) is 35.1 Å². The summed E-state index contributed by atoms with van der Waals surface area (Å²) in [5.74, 6) is -0.584. The summed E-state index contributed by atoms with van der Waals surface area (Å²) in [4.78, 5) is 26.7. The Hall–Kier alpha value is -3.98. The van der Waals surface area contributed by atoms with Crippen LogP contribution in [-0.4, -0.2) is 65.5 Å². The summed E-state index contributed by atoms with van der Waals surface area (Å²) < 4.78 is 21.9. The van der Waals surface area contributed by atoms with E-state index in [1.807, 2.05) is 24.3 Å². The molecule has 1 saturated heterocycles. The number of carbonyl (C=O) groups excluding carboxylic acids is 1. The number of imidazole rings is 1. The maximum atomic E-state index is 14.9. The fourth-order valence-corrected chi connectivity index (χ4v) is 4.20. The highest BCUT2D eigenvalue weighted by Crippen LogP contribution is 2.34. The van der Waals surface area contributed by atoms with Crippen molar-refractivity contribution >= 4 is 22.9 Å². The summed E-state index contributed by atoms with van der Waals surface area (Å²) in [5.41, 5.74) is 2.63. The summed E-state index contributed by atoms with van der Waals surface area (Å²) >= 11 is 0. The van der Waals surface area contributed by atoms with E-state index in [2.05, 4.69) is 32.1 Å². The summed E-state index contributed by atoms with van der Waals surface area (Å²) in [6.07, 6.45) is 4.87. The van der Waals surface area contributed by atoms with Gasteiger partial charge in [-0.25, -0.2) is 14.4 Å². The molecule has 2 aromatic heterocycles. The number of nitrogens with zero attached hydrogens (tertiary/aromatic N) is 5. The first-order chi connectivity index (χ1) is 16.5. The molecule has 1 aliphatic rings. The van der Waals surface area contributed by atoms with Crippen molar-refractivity contribution in [2.75, 3.05) is 50.6 Å². The number of benzene rings is 2. The molecule has 1 aliphatic heterocycles. The second kappa shape index (κ2) is 9.11. The summed E-state index contributed by atoms with van der Waals surface area (Å²) in [5, 5.41) is 3.00. The van der Waals surface area contributed by atoms with Crippen molar-refractivity contribution in [1.29, 1.82) is 0 Å². The van der Waals surface area contributed by atoms with E-state index in [9.17, 15) is 9.18 Å². The van der Waals surface area contributed by atoms with Gasteiger partial charge in [-0.2, -0.15) is 0 Å². The number of hydrogen-bond acceptors (Lipinski definition) is 6. The summed E-state index contributed by atoms with van der Waals surface area (Å²) in [6, 6.07) is 12.3. The Kier molecular flexibility index (Phi) is 5.85. The summed E-state index contributed by atoms with van der Waals surface area (Å²) in [6.45, 7) is 3.66. The molecule has 2 aromatic carbocycles. The third kappa shape index (κ3) is 4.06. The maximum Gasteiger partial charge on any atom is 0.275 e. The molecule has 0 saturated carbocycles. The Morgan fingerprint density at radius 3 is 2.68 bits per heavy atom. The van der Waals surface area contributed by atoms with Crippen molar-refractivity contribution in [2.24, 2.45) is 0 Å². The first-order valence-corrected chi connectivity index (χ1v) is 11.1. The highest BCUT2D eigenvalue weighted by atomic mass is 19.1. The molecule has 3 heterocycles. The molecule has 0 bridgehead atoms. The Labute approximate surface area is 196 Å². The van der Waals surface area contributed by atoms with E-state index in [-0.39, 0.29) is 17.0 Å². The molecule has 34 heavy (non-hydrogen) atoms. The Bertz CT molecular complexity index is 1350. The van der Waals surface area contributed by atoms with Gasteiger partial charge in [-0.15, -0.1) is 0 Å². The lowest BCUT2D eigenvalue weighted by Gasteiger charge is -2.35. The van der Waals surface area contributed by atoms with Gasteiger partial charge in [-0.1, -0.05) is 18.2 Å². The number of para-hydroxylation sites is 2. The van der Waals surface area contributed by atoms with Crippen LogP contribution in [0, 0.1) is 5.82 Å². The minimum atomic E-state index is -0.505. The Balaban J connectivity index is 1.52. The molecule has 8 nitrogen and oxygen atoms in total. The molecule has 174 valence electrons. The van der Waals surface area contributed by atoms with Gasteiger partial charge in [0.05, 0.1) is 24.0 Å². The molecule has 0 aliphatic carbocycles. The molecule has 1 amide bonds. The minimum absolute atomic E-state index is 0.138. The van der Waals surface area contributed by atoms with Crippen molar-refractivity contribution in [3.05, 3.63) is 72.6 Å². The standard InChI is InChI=1S/C25H25FN6O2/c1-30-12-14-31(15-13-30)20-8-4-3-7-18(20)29-25(33)19-16-32-11-10-27-24(32)23(28-19)22-17(26)6-5-9-21(22)34-2/h3-11,16H,12-15H2,1-2H3,(H,29,33). The van der Waals surface area contributed by atoms with Crippen molar-refractivity contribution < 1.29 is 13.9 Å². The van der Waals surface area contributed by atoms with Crippen LogP contribution in [0.2, 0.25) is 0 Å². The van der Waals surface area contributed by atoms with E-state index in [1.165, 1.54) is 13.2 Å². The zero-order valence-corrected chi connectivity index (χ0v) is 19.0. The second-order valence-electron chi connectivity index (χ2n) is 8.21. The number of piperazine rings is 1. The third-order valence-corrected chi connectivity index (χ3v) is 6.04. The van der Waals surface area contributed by atoms with Crippen molar-refractivity contribution in [3.8, 4) is 17.0 Å². The van der Waals surface area contributed by atoms with Gasteiger partial charge in [0.15, 0.2) is 5.65 Å². The fourth-order valence-electron chi connectivity index (χ4n) is 4.20. The van der Waals surface area contributed by atoms with Crippen molar-refractivity contribution in [1.82, 2.24) is 19.3 Å². The van der Waals surface area contributed by atoms with Crippen molar-refractivity contribution in [3.63, 3.8) is 0 Å². The number of likely N-dealkylation sites (N-methyl/N-ethyl adjacent to an activating group) is 1. The number of hydrogen-bond donors (Lipinski definition) is 1. The number of halogens is 1. The van der Waals surface area contributed by atoms with Gasteiger partial charge < -0.3 is 24.3 Å². The van der Waals surface area contributed by atoms with Gasteiger partial charge in [0.25, 0.3) is 5.91 Å². The van der Waals surface area contributed by atoms with Crippen LogP contribution >= 0.6 is 0 Å². The normalized spacial score (nSPS) is 14.4. The van der Waals surface area contributed by atoms with E-state index < -0.39 is 11.7 Å². The predicted molar refractivity (Wildman–Crippen MR) is 129 cm³/mol. The van der Waals surface area contributed by atoms with E-state index >= 15 is 0 Å². The SMILES string of the molecule is COc1cccc(F)c1-c1nc(C(=O)Nc2ccccc2N2CCN(C)CC2)cn2ccnc12. The number of rotatable bonds is 5. The lowest BCUT2D eigenvalue weighted by Crippen LogP contribution is -2.44. The predicted octanol–water partition coefficient (Wildman–Crippen LogP) is 3.55. The quantitative estimate of drug-likeness (QED) is 0.491. The number of aromatic nitrogens is 3. The molecule has 5 rings (SSSR count). The molecule has 4 aromatic rings. The largest absolute Gasteiger partial charge is 0.496 e. The Morgan fingerprint density at radius 1 is 1.09 bits per heavy atom. The van der Waals surface area contributed by atoms with E-state index in [4.69, 9.17) is 4.74 Å². The number of anilines is 2. The molecule has 0 atom stereocenters. The maximum absolute atomic E-state index is 14.9. The molecular weight excluding hydrogens is 435 g/mol. The number of nitrogens with one attached hydrogen (secondary N) is 1. The van der Waals surface area contributed by atoms with Gasteiger partial charge in [-0.3, -0.25) is 4.79 Å². The van der Waals surface area contributed by atoms with Gasteiger partial charge in [0.2, 0.25) is 0 Å². The lowest BCUT2D eigenvalue weighted by molar-refractivity contribution is 0.102. The minimum Gasteiger partial charge on any atom is -0.496 e. The number of carbonyl (C=O) groups is 1. The highest BCUT2D eigenvalue weighted by Gasteiger charge is 2.22. The van der Waals surface area contributed by atoms with Gasteiger partial charge in [0, 0.05) is 44.8 Å². The average Bonchev–Trinajstić information content (AvgIpc) is 3.33. The molecule has 9 heteroatoms. The first kappa shape index (κ1) is 21.8.